The van der Waals surface area contributed by atoms with E-state index in [-0.39, 0.29) is 5.54 Å². The van der Waals surface area contributed by atoms with Gasteiger partial charge in [0.1, 0.15) is 5.54 Å². The Balaban J connectivity index is 1.54. The first-order valence-corrected chi connectivity index (χ1v) is 11.0. The highest BCUT2D eigenvalue weighted by Crippen LogP contribution is 2.37. The van der Waals surface area contributed by atoms with E-state index in [1.54, 1.807) is 7.11 Å². The van der Waals surface area contributed by atoms with Gasteiger partial charge in [0.2, 0.25) is 5.91 Å². The molecule has 0 radical (unpaired) electrons. The third kappa shape index (κ3) is 3.72. The first kappa shape index (κ1) is 19.9. The second-order valence-electron chi connectivity index (χ2n) is 8.77. The molecule has 5 heteroatoms. The quantitative estimate of drug-likeness (QED) is 0.777. The van der Waals surface area contributed by atoms with Crippen LogP contribution in [0.1, 0.15) is 30.9 Å². The minimum atomic E-state index is -0.377. The number of nitrogens with zero attached hydrogens (tertiary/aromatic N) is 3. The number of benzene rings is 1. The lowest BCUT2D eigenvalue weighted by atomic mass is 9.88. The van der Waals surface area contributed by atoms with E-state index in [1.807, 2.05) is 0 Å². The zero-order valence-corrected chi connectivity index (χ0v) is 17.5. The predicted molar refractivity (Wildman–Crippen MR) is 111 cm³/mol. The van der Waals surface area contributed by atoms with Gasteiger partial charge in [0.15, 0.2) is 0 Å². The second kappa shape index (κ2) is 8.52. The molecule has 5 nitrogen and oxygen atoms in total. The first-order valence-electron chi connectivity index (χ1n) is 11.0. The van der Waals surface area contributed by atoms with Crippen molar-refractivity contribution in [1.29, 1.82) is 0 Å². The van der Waals surface area contributed by atoms with E-state index < -0.39 is 0 Å². The summed E-state index contributed by atoms with van der Waals surface area (Å²) in [6, 6.07) is 8.67. The number of ether oxygens (including phenoxy) is 1. The molecular formula is C23H35N3O2. The van der Waals surface area contributed by atoms with Gasteiger partial charge in [0.25, 0.3) is 0 Å². The van der Waals surface area contributed by atoms with Gasteiger partial charge in [-0.2, -0.15) is 0 Å². The highest BCUT2D eigenvalue weighted by molar-refractivity contribution is 5.88. The molecule has 0 spiro atoms. The van der Waals surface area contributed by atoms with Crippen molar-refractivity contribution in [2.45, 2.75) is 38.1 Å². The topological polar surface area (TPSA) is 36.0 Å². The van der Waals surface area contributed by atoms with Gasteiger partial charge in [-0.3, -0.25) is 9.69 Å². The molecule has 28 heavy (non-hydrogen) atoms. The summed E-state index contributed by atoms with van der Waals surface area (Å²) in [6.07, 6.45) is 3.86. The summed E-state index contributed by atoms with van der Waals surface area (Å²) >= 11 is 0. The molecule has 0 unspecified atom stereocenters. The van der Waals surface area contributed by atoms with E-state index in [9.17, 15) is 4.79 Å². The Morgan fingerprint density at radius 1 is 1.04 bits per heavy atom. The number of hydrogen-bond donors (Lipinski definition) is 0. The molecule has 0 aromatic heterocycles. The summed E-state index contributed by atoms with van der Waals surface area (Å²) in [7, 11) is 1.78. The van der Waals surface area contributed by atoms with Gasteiger partial charge in [-0.1, -0.05) is 31.2 Å². The van der Waals surface area contributed by atoms with E-state index in [2.05, 4.69) is 45.9 Å². The summed E-state index contributed by atoms with van der Waals surface area (Å²) < 4.78 is 5.34. The van der Waals surface area contributed by atoms with Crippen LogP contribution >= 0.6 is 0 Å². The maximum Gasteiger partial charge on any atom is 0.243 e. The minimum Gasteiger partial charge on any atom is -0.384 e. The van der Waals surface area contributed by atoms with Crippen molar-refractivity contribution in [3.63, 3.8) is 0 Å². The molecule has 1 amide bonds. The van der Waals surface area contributed by atoms with Gasteiger partial charge >= 0.3 is 0 Å². The Bertz CT molecular complexity index is 651. The zero-order valence-electron chi connectivity index (χ0n) is 17.5. The first-order chi connectivity index (χ1) is 13.7. The monoisotopic (exact) mass is 385 g/mol. The van der Waals surface area contributed by atoms with E-state index in [0.717, 1.165) is 78.1 Å². The largest absolute Gasteiger partial charge is 0.384 e. The van der Waals surface area contributed by atoms with Crippen molar-refractivity contribution >= 4 is 5.91 Å². The van der Waals surface area contributed by atoms with Gasteiger partial charge in [-0.15, -0.1) is 0 Å². The third-order valence-corrected chi connectivity index (χ3v) is 7.21. The van der Waals surface area contributed by atoms with Gasteiger partial charge in [-0.05, 0) is 36.4 Å². The van der Waals surface area contributed by atoms with Crippen LogP contribution in [-0.2, 0) is 22.4 Å². The normalized spacial score (nSPS) is 23.7. The number of piperidine rings is 1. The molecule has 3 aliphatic rings. The summed E-state index contributed by atoms with van der Waals surface area (Å²) in [5.74, 6) is 0.961. The maximum atomic E-state index is 13.9. The van der Waals surface area contributed by atoms with Crippen molar-refractivity contribution < 1.29 is 9.53 Å². The Morgan fingerprint density at radius 2 is 1.64 bits per heavy atom. The number of fused-ring (bicyclic) bond motifs is 1. The average molecular weight is 386 g/mol. The molecule has 2 fully saturated rings. The highest BCUT2D eigenvalue weighted by Gasteiger charge is 2.50. The lowest BCUT2D eigenvalue weighted by Gasteiger charge is -2.47. The molecule has 2 saturated heterocycles. The molecule has 4 rings (SSSR count). The molecule has 0 N–H and O–H groups in total. The van der Waals surface area contributed by atoms with Crippen LogP contribution in [0.25, 0.3) is 0 Å². The molecule has 0 atom stereocenters. The van der Waals surface area contributed by atoms with E-state index >= 15 is 0 Å². The van der Waals surface area contributed by atoms with E-state index in [4.69, 9.17) is 4.74 Å². The number of likely N-dealkylation sites (tertiary alicyclic amines) is 1. The zero-order chi connectivity index (χ0) is 19.6. The number of likely N-dealkylation sites (N-methyl/N-ethyl adjacent to an activating group) is 1. The highest BCUT2D eigenvalue weighted by atomic mass is 16.5. The molecule has 2 heterocycles. The van der Waals surface area contributed by atoms with Crippen molar-refractivity contribution in [1.82, 2.24) is 14.7 Å². The lowest BCUT2D eigenvalue weighted by Crippen LogP contribution is -2.65. The van der Waals surface area contributed by atoms with Crippen LogP contribution in [0.5, 0.6) is 0 Å². The Kier molecular flexibility index (Phi) is 6.04. The number of rotatable bonds is 5. The predicted octanol–water partition coefficient (Wildman–Crippen LogP) is 2.05. The SMILES string of the molecule is CCN1CCN(C2(C(=O)N3CCC(COC)CC3)Cc3ccccc3C2)CC1. The van der Waals surface area contributed by atoms with Crippen LogP contribution in [0.4, 0.5) is 0 Å². The minimum absolute atomic E-state index is 0.365. The fourth-order valence-electron chi connectivity index (χ4n) is 5.43. The van der Waals surface area contributed by atoms with Crippen molar-refractivity contribution in [2.75, 3.05) is 59.5 Å². The molecule has 1 aromatic rings. The average Bonchev–Trinajstić information content (AvgIpc) is 3.15. The summed E-state index contributed by atoms with van der Waals surface area (Å²) in [5, 5.41) is 0. The summed E-state index contributed by atoms with van der Waals surface area (Å²) in [4.78, 5) is 21.1. The Morgan fingerprint density at radius 3 is 2.18 bits per heavy atom. The van der Waals surface area contributed by atoms with Crippen LogP contribution in [0.2, 0.25) is 0 Å². The van der Waals surface area contributed by atoms with Crippen LogP contribution in [0.3, 0.4) is 0 Å². The number of carbonyl (C=O) groups excluding carboxylic acids is 1. The number of carbonyl (C=O) groups is 1. The van der Waals surface area contributed by atoms with Crippen LogP contribution in [0.15, 0.2) is 24.3 Å². The Labute approximate surface area is 169 Å². The van der Waals surface area contributed by atoms with Crippen LogP contribution < -0.4 is 0 Å². The molecule has 1 aromatic carbocycles. The molecule has 2 aliphatic heterocycles. The summed E-state index contributed by atoms with van der Waals surface area (Å²) in [5.41, 5.74) is 2.35. The fourth-order valence-corrected chi connectivity index (χ4v) is 5.43. The van der Waals surface area contributed by atoms with Gasteiger partial charge in [0.05, 0.1) is 0 Å². The van der Waals surface area contributed by atoms with Crippen LogP contribution in [0, 0.1) is 5.92 Å². The number of methoxy groups -OCH3 is 1. The van der Waals surface area contributed by atoms with Gasteiger partial charge in [-0.25, -0.2) is 0 Å². The molecule has 0 saturated carbocycles. The molecular weight excluding hydrogens is 350 g/mol. The fraction of sp³-hybridized carbons (Fsp3) is 0.696. The third-order valence-electron chi connectivity index (χ3n) is 7.21. The van der Waals surface area contributed by atoms with Crippen molar-refractivity contribution in [3.8, 4) is 0 Å². The summed E-state index contributed by atoms with van der Waals surface area (Å²) in [6.45, 7) is 10.0. The molecule has 154 valence electrons. The molecule has 0 bridgehead atoms. The van der Waals surface area contributed by atoms with Gasteiger partial charge in [0, 0.05) is 65.8 Å². The van der Waals surface area contributed by atoms with Gasteiger partial charge < -0.3 is 14.5 Å². The lowest BCUT2D eigenvalue weighted by molar-refractivity contribution is -0.147. The Hall–Kier alpha value is -1.43. The number of amides is 1. The smallest absolute Gasteiger partial charge is 0.243 e. The second-order valence-corrected chi connectivity index (χ2v) is 8.77. The van der Waals surface area contributed by atoms with Crippen LogP contribution in [-0.4, -0.2) is 85.7 Å². The maximum absolute atomic E-state index is 13.9. The van der Waals surface area contributed by atoms with Crippen molar-refractivity contribution in [2.24, 2.45) is 5.92 Å². The number of hydrogen-bond acceptors (Lipinski definition) is 4. The van der Waals surface area contributed by atoms with E-state index in [0.29, 0.717) is 11.8 Å². The standard InChI is InChI=1S/C23H35N3O2/c1-3-24-12-14-26(15-13-24)23(16-20-6-4-5-7-21(20)17-23)22(27)25-10-8-19(9-11-25)18-28-2/h4-7,19H,3,8-18H2,1-2H3. The van der Waals surface area contributed by atoms with E-state index in [1.165, 1.54) is 11.1 Å². The number of piperazine rings is 1. The van der Waals surface area contributed by atoms with Crippen molar-refractivity contribution in [3.05, 3.63) is 35.4 Å². The molecule has 1 aliphatic carbocycles.